The second-order valence-electron chi connectivity index (χ2n) is 7.02. The Morgan fingerprint density at radius 1 is 1.06 bits per heavy atom. The van der Waals surface area contributed by atoms with E-state index < -0.39 is 47.9 Å². The van der Waals surface area contributed by atoms with Gasteiger partial charge in [0.2, 0.25) is 5.91 Å². The van der Waals surface area contributed by atoms with Gasteiger partial charge in [0.05, 0.1) is 11.3 Å². The monoisotopic (exact) mass is 447 g/mol. The Labute approximate surface area is 180 Å². The molecule has 3 aromatic rings. The van der Waals surface area contributed by atoms with E-state index in [2.05, 4.69) is 15.6 Å². The average Bonchev–Trinajstić information content (AvgIpc) is 3.14. The molecule has 0 spiro atoms. The molecule has 0 aliphatic carbocycles. The Balaban J connectivity index is 1.65. The molecule has 3 rings (SSSR count). The largest absolute Gasteiger partial charge is 0.454 e. The summed E-state index contributed by atoms with van der Waals surface area (Å²) in [5.41, 5.74) is 0.133. The molecule has 32 heavy (non-hydrogen) atoms. The van der Waals surface area contributed by atoms with Crippen LogP contribution in [-0.4, -0.2) is 35.4 Å². The summed E-state index contributed by atoms with van der Waals surface area (Å²) >= 11 is 0. The van der Waals surface area contributed by atoms with Crippen molar-refractivity contribution in [2.75, 3.05) is 11.9 Å². The maximum absolute atomic E-state index is 13.1. The number of ether oxygens (including phenoxy) is 1. The summed E-state index contributed by atoms with van der Waals surface area (Å²) in [6.07, 6.45) is -2.86. The fraction of sp³-hybridized carbons (Fsp3) is 0.227. The zero-order chi connectivity index (χ0) is 23.3. The minimum Gasteiger partial charge on any atom is -0.454 e. The average molecular weight is 447 g/mol. The summed E-state index contributed by atoms with van der Waals surface area (Å²) in [7, 11) is 0. The number of rotatable bonds is 7. The zero-order valence-corrected chi connectivity index (χ0v) is 17.0. The number of benzene rings is 2. The van der Waals surface area contributed by atoms with Crippen LogP contribution in [0.15, 0.2) is 54.7 Å². The standard InChI is InChI=1S/C22H20F3N3O4/c1-13(29)27-19(10-14-11-26-17-8-4-2-6-15(14)17)21(31)32-12-20(30)28-18-9-5-3-7-16(18)22(23,24)25/h2-9,11,19,26H,10,12H2,1H3,(H,27,29)(H,28,30)/t19-/m0/s1. The zero-order valence-electron chi connectivity index (χ0n) is 17.0. The molecule has 0 aliphatic heterocycles. The Hall–Kier alpha value is -3.82. The van der Waals surface area contributed by atoms with E-state index in [1.165, 1.54) is 19.1 Å². The van der Waals surface area contributed by atoms with Gasteiger partial charge in [-0.25, -0.2) is 4.79 Å². The van der Waals surface area contributed by atoms with Crippen LogP contribution in [0, 0.1) is 0 Å². The minimum atomic E-state index is -4.66. The first kappa shape index (κ1) is 22.9. The third-order valence-corrected chi connectivity index (χ3v) is 4.61. The number of anilines is 1. The van der Waals surface area contributed by atoms with Crippen LogP contribution in [0.2, 0.25) is 0 Å². The van der Waals surface area contributed by atoms with E-state index in [0.717, 1.165) is 28.6 Å². The highest BCUT2D eigenvalue weighted by molar-refractivity contribution is 5.94. The molecule has 1 aromatic heterocycles. The topological polar surface area (TPSA) is 100 Å². The molecular formula is C22H20F3N3O4. The summed E-state index contributed by atoms with van der Waals surface area (Å²) in [4.78, 5) is 39.2. The number of amides is 2. The van der Waals surface area contributed by atoms with Crippen LogP contribution in [0.3, 0.4) is 0 Å². The molecule has 0 fully saturated rings. The molecule has 7 nitrogen and oxygen atoms in total. The molecular weight excluding hydrogens is 427 g/mol. The van der Waals surface area contributed by atoms with Crippen molar-refractivity contribution in [1.82, 2.24) is 10.3 Å². The van der Waals surface area contributed by atoms with Gasteiger partial charge in [-0.05, 0) is 23.8 Å². The van der Waals surface area contributed by atoms with Crippen molar-refractivity contribution in [2.45, 2.75) is 25.6 Å². The van der Waals surface area contributed by atoms with E-state index >= 15 is 0 Å². The van der Waals surface area contributed by atoms with Crippen LogP contribution in [0.1, 0.15) is 18.1 Å². The number of aromatic nitrogens is 1. The van der Waals surface area contributed by atoms with Gasteiger partial charge in [0, 0.05) is 30.4 Å². The highest BCUT2D eigenvalue weighted by atomic mass is 19.4. The first-order valence-electron chi connectivity index (χ1n) is 9.60. The number of hydrogen-bond donors (Lipinski definition) is 3. The SMILES string of the molecule is CC(=O)N[C@@H](Cc1c[nH]c2ccccc12)C(=O)OCC(=O)Nc1ccccc1C(F)(F)F. The van der Waals surface area contributed by atoms with E-state index in [4.69, 9.17) is 4.74 Å². The molecule has 3 N–H and O–H groups in total. The molecule has 0 saturated heterocycles. The van der Waals surface area contributed by atoms with Crippen molar-refractivity contribution in [3.8, 4) is 0 Å². The Kier molecular flexibility index (Phi) is 6.82. The number of aromatic amines is 1. The first-order chi connectivity index (χ1) is 15.1. The number of carbonyl (C=O) groups excluding carboxylic acids is 3. The molecule has 0 aliphatic rings. The van der Waals surface area contributed by atoms with Crippen LogP contribution < -0.4 is 10.6 Å². The van der Waals surface area contributed by atoms with Gasteiger partial charge in [-0.15, -0.1) is 0 Å². The number of alkyl halides is 3. The summed E-state index contributed by atoms with van der Waals surface area (Å²) < 4.78 is 44.1. The van der Waals surface area contributed by atoms with Crippen LogP contribution in [-0.2, 0) is 31.7 Å². The van der Waals surface area contributed by atoms with Crippen molar-refractivity contribution in [3.63, 3.8) is 0 Å². The van der Waals surface area contributed by atoms with Gasteiger partial charge in [0.25, 0.3) is 5.91 Å². The molecule has 2 amide bonds. The van der Waals surface area contributed by atoms with Crippen molar-refractivity contribution in [1.29, 1.82) is 0 Å². The van der Waals surface area contributed by atoms with Gasteiger partial charge in [-0.3, -0.25) is 9.59 Å². The molecule has 0 saturated carbocycles. The van der Waals surface area contributed by atoms with Gasteiger partial charge >= 0.3 is 12.1 Å². The first-order valence-corrected chi connectivity index (χ1v) is 9.60. The van der Waals surface area contributed by atoms with E-state index in [1.54, 1.807) is 6.20 Å². The molecule has 168 valence electrons. The fourth-order valence-electron chi connectivity index (χ4n) is 3.22. The minimum absolute atomic E-state index is 0.0982. The lowest BCUT2D eigenvalue weighted by Gasteiger charge is -2.17. The van der Waals surface area contributed by atoms with Gasteiger partial charge in [-0.2, -0.15) is 13.2 Å². The highest BCUT2D eigenvalue weighted by Crippen LogP contribution is 2.34. The van der Waals surface area contributed by atoms with E-state index in [0.29, 0.717) is 0 Å². The van der Waals surface area contributed by atoms with E-state index in [1.807, 2.05) is 24.3 Å². The number of fused-ring (bicyclic) bond motifs is 1. The summed E-state index contributed by atoms with van der Waals surface area (Å²) in [6, 6.07) is 10.8. The van der Waals surface area contributed by atoms with Crippen molar-refractivity contribution >= 4 is 34.4 Å². The van der Waals surface area contributed by atoms with Crippen molar-refractivity contribution in [3.05, 3.63) is 65.9 Å². The fourth-order valence-corrected chi connectivity index (χ4v) is 3.22. The predicted molar refractivity (Wildman–Crippen MR) is 111 cm³/mol. The number of carbonyl (C=O) groups is 3. The van der Waals surface area contributed by atoms with E-state index in [9.17, 15) is 27.6 Å². The number of H-pyrrole nitrogens is 1. The normalized spacial score (nSPS) is 12.2. The van der Waals surface area contributed by atoms with Crippen molar-refractivity contribution in [2.24, 2.45) is 0 Å². The molecule has 0 unspecified atom stereocenters. The second kappa shape index (κ2) is 9.54. The third kappa shape index (κ3) is 5.65. The number of esters is 1. The highest BCUT2D eigenvalue weighted by Gasteiger charge is 2.33. The molecule has 10 heteroatoms. The lowest BCUT2D eigenvalue weighted by molar-refractivity contribution is -0.150. The lowest BCUT2D eigenvalue weighted by atomic mass is 10.0. The molecule has 1 atom stereocenters. The van der Waals surface area contributed by atoms with Crippen molar-refractivity contribution < 1.29 is 32.3 Å². The van der Waals surface area contributed by atoms with Gasteiger partial charge in [-0.1, -0.05) is 30.3 Å². The third-order valence-electron chi connectivity index (χ3n) is 4.61. The number of para-hydroxylation sites is 2. The molecule has 0 bridgehead atoms. The summed E-state index contributed by atoms with van der Waals surface area (Å²) in [5.74, 6) is -2.30. The summed E-state index contributed by atoms with van der Waals surface area (Å²) in [6.45, 7) is 0.422. The van der Waals surface area contributed by atoms with Gasteiger partial charge in [0.15, 0.2) is 6.61 Å². The lowest BCUT2D eigenvalue weighted by Crippen LogP contribution is -2.43. The van der Waals surface area contributed by atoms with Gasteiger partial charge in [0.1, 0.15) is 6.04 Å². The molecule has 1 heterocycles. The van der Waals surface area contributed by atoms with Gasteiger partial charge < -0.3 is 20.4 Å². The molecule has 0 radical (unpaired) electrons. The Morgan fingerprint density at radius 3 is 2.47 bits per heavy atom. The predicted octanol–water partition coefficient (Wildman–Crippen LogP) is 3.42. The second-order valence-corrected chi connectivity index (χ2v) is 7.02. The van der Waals surface area contributed by atoms with E-state index in [-0.39, 0.29) is 6.42 Å². The van der Waals surface area contributed by atoms with Crippen LogP contribution in [0.5, 0.6) is 0 Å². The smallest absolute Gasteiger partial charge is 0.418 e. The maximum atomic E-state index is 13.1. The molecule has 2 aromatic carbocycles. The number of nitrogens with one attached hydrogen (secondary N) is 3. The maximum Gasteiger partial charge on any atom is 0.418 e. The van der Waals surface area contributed by atoms with Crippen LogP contribution >= 0.6 is 0 Å². The van der Waals surface area contributed by atoms with Crippen LogP contribution in [0.25, 0.3) is 10.9 Å². The number of halogens is 3. The Bertz CT molecular complexity index is 1140. The Morgan fingerprint density at radius 2 is 1.75 bits per heavy atom. The number of hydrogen-bond acceptors (Lipinski definition) is 4. The van der Waals surface area contributed by atoms with Crippen LogP contribution in [0.4, 0.5) is 18.9 Å². The summed E-state index contributed by atoms with van der Waals surface area (Å²) in [5, 5.41) is 5.43. The quantitative estimate of drug-likeness (QED) is 0.483.